The summed E-state index contributed by atoms with van der Waals surface area (Å²) in [4.78, 5) is 13.5. The molecule has 25 heavy (non-hydrogen) atoms. The van der Waals surface area contributed by atoms with Crippen molar-refractivity contribution in [2.45, 2.75) is 83.9 Å². The third-order valence-electron chi connectivity index (χ3n) is 4.32. The van der Waals surface area contributed by atoms with Crippen LogP contribution in [0, 0.1) is 0 Å². The molecule has 2 atom stereocenters. The van der Waals surface area contributed by atoms with Crippen LogP contribution in [-0.4, -0.2) is 24.3 Å². The Balaban J connectivity index is 1.95. The summed E-state index contributed by atoms with van der Waals surface area (Å²) >= 11 is 5.47. The summed E-state index contributed by atoms with van der Waals surface area (Å²) in [6.45, 7) is 8.46. The van der Waals surface area contributed by atoms with Crippen molar-refractivity contribution in [1.29, 1.82) is 0 Å². The molecule has 1 aromatic heterocycles. The van der Waals surface area contributed by atoms with Gasteiger partial charge in [0.25, 0.3) is 0 Å². The van der Waals surface area contributed by atoms with Crippen molar-refractivity contribution in [2.24, 2.45) is 0 Å². The van der Waals surface area contributed by atoms with Crippen molar-refractivity contribution in [3.05, 3.63) is 20.3 Å². The summed E-state index contributed by atoms with van der Waals surface area (Å²) in [6.07, 6.45) is 6.59. The minimum absolute atomic E-state index is 0.266. The second kappa shape index (κ2) is 9.38. The lowest BCUT2D eigenvalue weighted by molar-refractivity contribution is 0.0520. The minimum Gasteiger partial charge on any atom is -0.444 e. The van der Waals surface area contributed by atoms with Gasteiger partial charge in [-0.1, -0.05) is 19.8 Å². The van der Waals surface area contributed by atoms with Crippen LogP contribution >= 0.6 is 27.3 Å². The standard InChI is InChI=1S/C19H31BrN2O2S/c1-5-6-8-13(12-21-18(23)24-19(2,3)4)22-15-9-7-10-16-14(15)11-17(20)25-16/h11,13,15,22H,5-10,12H2,1-4H3,(H,21,23). The lowest BCUT2D eigenvalue weighted by Gasteiger charge is -2.29. The molecule has 2 rings (SSSR count). The number of alkyl carbamates (subject to hydrolysis) is 1. The van der Waals surface area contributed by atoms with Gasteiger partial charge < -0.3 is 15.4 Å². The van der Waals surface area contributed by atoms with Crippen LogP contribution in [0.5, 0.6) is 0 Å². The van der Waals surface area contributed by atoms with Crippen LogP contribution in [-0.2, 0) is 11.2 Å². The zero-order valence-electron chi connectivity index (χ0n) is 15.8. The molecule has 1 aliphatic carbocycles. The predicted molar refractivity (Wildman–Crippen MR) is 108 cm³/mol. The smallest absolute Gasteiger partial charge is 0.407 e. The fourth-order valence-electron chi connectivity index (χ4n) is 3.19. The number of carbonyl (C=O) groups excluding carboxylic acids is 1. The number of carbonyl (C=O) groups is 1. The van der Waals surface area contributed by atoms with Crippen LogP contribution in [0.2, 0.25) is 0 Å². The quantitative estimate of drug-likeness (QED) is 0.594. The van der Waals surface area contributed by atoms with E-state index in [1.165, 1.54) is 27.1 Å². The molecular weight excluding hydrogens is 400 g/mol. The lowest BCUT2D eigenvalue weighted by Crippen LogP contribution is -2.44. The van der Waals surface area contributed by atoms with Gasteiger partial charge in [-0.15, -0.1) is 11.3 Å². The van der Waals surface area contributed by atoms with E-state index < -0.39 is 5.60 Å². The highest BCUT2D eigenvalue weighted by atomic mass is 79.9. The topological polar surface area (TPSA) is 50.4 Å². The minimum atomic E-state index is -0.461. The van der Waals surface area contributed by atoms with Crippen molar-refractivity contribution >= 4 is 33.4 Å². The van der Waals surface area contributed by atoms with Gasteiger partial charge in [-0.2, -0.15) is 0 Å². The maximum Gasteiger partial charge on any atom is 0.407 e. The van der Waals surface area contributed by atoms with Crippen molar-refractivity contribution in [3.63, 3.8) is 0 Å². The Morgan fingerprint density at radius 2 is 2.24 bits per heavy atom. The Morgan fingerprint density at radius 1 is 1.48 bits per heavy atom. The number of aryl methyl sites for hydroxylation is 1. The molecule has 0 spiro atoms. The molecule has 1 aromatic rings. The first kappa shape index (κ1) is 20.7. The first-order chi connectivity index (χ1) is 11.8. The lowest BCUT2D eigenvalue weighted by atomic mass is 9.93. The highest BCUT2D eigenvalue weighted by Gasteiger charge is 2.25. The van der Waals surface area contributed by atoms with Gasteiger partial charge in [0.05, 0.1) is 3.79 Å². The number of ether oxygens (including phenoxy) is 1. The summed E-state index contributed by atoms with van der Waals surface area (Å²) in [5, 5.41) is 6.73. The summed E-state index contributed by atoms with van der Waals surface area (Å²) in [5.74, 6) is 0. The van der Waals surface area contributed by atoms with Crippen LogP contribution < -0.4 is 10.6 Å². The normalized spacial score (nSPS) is 18.5. The summed E-state index contributed by atoms with van der Waals surface area (Å²) in [5.41, 5.74) is 0.972. The van der Waals surface area contributed by atoms with Crippen LogP contribution in [0.1, 0.15) is 76.3 Å². The van der Waals surface area contributed by atoms with E-state index in [9.17, 15) is 4.79 Å². The molecule has 0 bridgehead atoms. The highest BCUT2D eigenvalue weighted by molar-refractivity contribution is 9.11. The summed E-state index contributed by atoms with van der Waals surface area (Å²) < 4.78 is 6.57. The Kier molecular flexibility index (Phi) is 7.77. The molecule has 0 aliphatic heterocycles. The zero-order chi connectivity index (χ0) is 18.4. The van der Waals surface area contributed by atoms with Crippen molar-refractivity contribution in [1.82, 2.24) is 10.6 Å². The maximum absolute atomic E-state index is 12.0. The number of rotatable bonds is 7. The molecule has 1 heterocycles. The van der Waals surface area contributed by atoms with E-state index in [4.69, 9.17) is 4.74 Å². The van der Waals surface area contributed by atoms with Gasteiger partial charge in [0, 0.05) is 23.5 Å². The summed E-state index contributed by atoms with van der Waals surface area (Å²) in [6, 6.07) is 2.91. The highest BCUT2D eigenvalue weighted by Crippen LogP contribution is 2.38. The molecule has 0 fully saturated rings. The number of unbranched alkanes of at least 4 members (excludes halogenated alkanes) is 1. The third-order valence-corrected chi connectivity index (χ3v) is 6.03. The zero-order valence-corrected chi connectivity index (χ0v) is 18.2. The molecular formula is C19H31BrN2O2S. The third kappa shape index (κ3) is 6.91. The number of halogens is 1. The number of hydrogen-bond donors (Lipinski definition) is 2. The number of hydrogen-bond acceptors (Lipinski definition) is 4. The fourth-order valence-corrected chi connectivity index (χ4v) is 5.01. The average Bonchev–Trinajstić information content (AvgIpc) is 2.89. The van der Waals surface area contributed by atoms with Crippen LogP contribution in [0.15, 0.2) is 9.85 Å². The fraction of sp³-hybridized carbons (Fsp3) is 0.737. The number of nitrogens with one attached hydrogen (secondary N) is 2. The average molecular weight is 431 g/mol. The van der Waals surface area contributed by atoms with Crippen molar-refractivity contribution in [3.8, 4) is 0 Å². The molecule has 0 saturated carbocycles. The first-order valence-electron chi connectivity index (χ1n) is 9.29. The van der Waals surface area contributed by atoms with Gasteiger partial charge in [0.1, 0.15) is 5.60 Å². The van der Waals surface area contributed by atoms with E-state index in [2.05, 4.69) is 39.6 Å². The molecule has 0 aromatic carbocycles. The molecule has 142 valence electrons. The van der Waals surface area contributed by atoms with E-state index in [-0.39, 0.29) is 12.1 Å². The van der Waals surface area contributed by atoms with Gasteiger partial charge in [-0.25, -0.2) is 4.79 Å². The molecule has 0 saturated heterocycles. The van der Waals surface area contributed by atoms with Crippen LogP contribution in [0.3, 0.4) is 0 Å². The largest absolute Gasteiger partial charge is 0.444 e. The Labute approximate surface area is 164 Å². The maximum atomic E-state index is 12.0. The first-order valence-corrected chi connectivity index (χ1v) is 10.9. The number of amides is 1. The van der Waals surface area contributed by atoms with Gasteiger partial charge >= 0.3 is 6.09 Å². The Morgan fingerprint density at radius 3 is 2.92 bits per heavy atom. The predicted octanol–water partition coefficient (Wildman–Crippen LogP) is 5.56. The van der Waals surface area contributed by atoms with E-state index in [1.807, 2.05) is 32.1 Å². The molecule has 2 N–H and O–H groups in total. The SMILES string of the molecule is CCCCC(CNC(=O)OC(C)(C)C)NC1CCCc2sc(Br)cc21. The van der Waals surface area contributed by atoms with E-state index in [0.717, 1.165) is 25.7 Å². The van der Waals surface area contributed by atoms with Crippen LogP contribution in [0.25, 0.3) is 0 Å². The molecule has 2 unspecified atom stereocenters. The van der Waals surface area contributed by atoms with Gasteiger partial charge in [0.2, 0.25) is 0 Å². The van der Waals surface area contributed by atoms with Gasteiger partial charge in [-0.05, 0) is 74.0 Å². The molecule has 4 nitrogen and oxygen atoms in total. The van der Waals surface area contributed by atoms with E-state index >= 15 is 0 Å². The van der Waals surface area contributed by atoms with Gasteiger partial charge in [-0.3, -0.25) is 0 Å². The van der Waals surface area contributed by atoms with E-state index in [1.54, 1.807) is 0 Å². The van der Waals surface area contributed by atoms with E-state index in [0.29, 0.717) is 12.6 Å². The Bertz CT molecular complexity index is 568. The van der Waals surface area contributed by atoms with Crippen molar-refractivity contribution < 1.29 is 9.53 Å². The number of fused-ring (bicyclic) bond motifs is 1. The van der Waals surface area contributed by atoms with Gasteiger partial charge in [0.15, 0.2) is 0 Å². The molecule has 0 radical (unpaired) electrons. The van der Waals surface area contributed by atoms with Crippen molar-refractivity contribution in [2.75, 3.05) is 6.54 Å². The second-order valence-corrected chi connectivity index (χ2v) is 10.3. The second-order valence-electron chi connectivity index (χ2n) is 7.76. The monoisotopic (exact) mass is 430 g/mol. The molecule has 1 aliphatic rings. The molecule has 6 heteroatoms. The number of thiophene rings is 1. The molecule has 1 amide bonds. The van der Waals surface area contributed by atoms with Crippen LogP contribution in [0.4, 0.5) is 4.79 Å². The Hall–Kier alpha value is -0.590. The summed E-state index contributed by atoms with van der Waals surface area (Å²) in [7, 11) is 0.